The van der Waals surface area contributed by atoms with Gasteiger partial charge in [-0.05, 0) is 25.0 Å². The Morgan fingerprint density at radius 2 is 1.67 bits per heavy atom. The number of nitrogen functional groups attached to an aromatic ring is 1. The first-order valence-corrected chi connectivity index (χ1v) is 7.59. The van der Waals surface area contributed by atoms with E-state index in [0.717, 1.165) is 12.8 Å². The van der Waals surface area contributed by atoms with Crippen molar-refractivity contribution < 1.29 is 23.4 Å². The summed E-state index contributed by atoms with van der Waals surface area (Å²) in [5.74, 6) is 3.31. The lowest BCUT2D eigenvalue weighted by Gasteiger charge is -2.10. The Labute approximate surface area is 146 Å². The van der Waals surface area contributed by atoms with Crippen molar-refractivity contribution in [3.63, 3.8) is 0 Å². The van der Waals surface area contributed by atoms with E-state index in [2.05, 4.69) is 21.9 Å². The highest BCUT2D eigenvalue weighted by molar-refractivity contribution is 7.75. The topological polar surface area (TPSA) is 125 Å². The van der Waals surface area contributed by atoms with Gasteiger partial charge in [0.25, 0.3) is 5.91 Å². The van der Waals surface area contributed by atoms with E-state index in [1.54, 1.807) is 0 Å². The number of amides is 1. The average Bonchev–Trinajstić information content (AvgIpc) is 2.60. The van der Waals surface area contributed by atoms with Crippen LogP contribution in [0.1, 0.15) is 32.1 Å². The van der Waals surface area contributed by atoms with Crippen LogP contribution in [-0.4, -0.2) is 29.9 Å². The minimum atomic E-state index is -0.835. The molecule has 0 saturated carbocycles. The number of hydroxylamine groups is 1. The Bertz CT molecular complexity index is 513. The number of carbonyl (C=O) groups is 3. The second-order valence-electron chi connectivity index (χ2n) is 4.69. The first-order chi connectivity index (χ1) is 11.4. The first-order valence-electron chi connectivity index (χ1n) is 7.23. The summed E-state index contributed by atoms with van der Waals surface area (Å²) in [4.78, 5) is 32.9. The largest absolute Gasteiger partial charge is 0.463 e. The van der Waals surface area contributed by atoms with E-state index in [0.29, 0.717) is 24.4 Å². The molecule has 1 rings (SSSR count). The van der Waals surface area contributed by atoms with Crippen molar-refractivity contribution >= 4 is 36.3 Å². The van der Waals surface area contributed by atoms with Gasteiger partial charge in [-0.25, -0.2) is 10.6 Å². The van der Waals surface area contributed by atoms with Crippen molar-refractivity contribution in [1.29, 1.82) is 0 Å². The maximum absolute atomic E-state index is 11.1. The van der Waals surface area contributed by atoms with Crippen LogP contribution >= 0.6 is 12.9 Å². The Balaban J connectivity index is 0.000000620. The monoisotopic (exact) mass is 357 g/mol. The Morgan fingerprint density at radius 1 is 1.08 bits per heavy atom. The number of para-hydroxylation sites is 1. The number of hydrogen-bond donors (Lipinski definition) is 3. The molecule has 9 heteroatoms. The van der Waals surface area contributed by atoms with Gasteiger partial charge in [0.2, 0.25) is 5.78 Å². The minimum absolute atomic E-state index is 0.121. The molecule has 0 heterocycles. The molecule has 0 unspecified atom stereocenters. The van der Waals surface area contributed by atoms with Gasteiger partial charge in [-0.2, -0.15) is 4.28 Å². The highest BCUT2D eigenvalue weighted by Gasteiger charge is 2.13. The van der Waals surface area contributed by atoms with Crippen LogP contribution in [0.25, 0.3) is 0 Å². The molecule has 1 amide bonds. The summed E-state index contributed by atoms with van der Waals surface area (Å²) in [6.07, 6.45) is 2.03. The zero-order valence-corrected chi connectivity index (χ0v) is 14.4. The van der Waals surface area contributed by atoms with E-state index in [1.165, 1.54) is 0 Å². The number of thiol groups is 1. The molecule has 0 bridgehead atoms. The van der Waals surface area contributed by atoms with Crippen LogP contribution in [0, 0.1) is 0 Å². The van der Waals surface area contributed by atoms with Crippen LogP contribution in [0.3, 0.4) is 0 Å². The lowest BCUT2D eigenvalue weighted by atomic mass is 10.1. The number of Topliss-reactive ketones (excluding diaryl/α,β-unsaturated/α-hetero) is 1. The van der Waals surface area contributed by atoms with Crippen molar-refractivity contribution in [2.45, 2.75) is 32.1 Å². The van der Waals surface area contributed by atoms with Crippen molar-refractivity contribution in [2.75, 3.05) is 12.8 Å². The number of rotatable bonds is 8. The third kappa shape index (κ3) is 10.6. The number of hydrazine groups is 1. The lowest BCUT2D eigenvalue weighted by Crippen LogP contribution is -2.34. The summed E-state index contributed by atoms with van der Waals surface area (Å²) >= 11 is 3.36. The number of methoxy groups -OCH3 is 1. The fourth-order valence-electron chi connectivity index (χ4n) is 1.56. The molecule has 134 valence electrons. The Hall–Kier alpha value is -2.10. The van der Waals surface area contributed by atoms with Crippen LogP contribution in [0.4, 0.5) is 5.69 Å². The molecular weight excluding hydrogens is 334 g/mol. The summed E-state index contributed by atoms with van der Waals surface area (Å²) < 4.78 is 8.46. The van der Waals surface area contributed by atoms with Gasteiger partial charge in [-0.1, -0.05) is 24.6 Å². The second-order valence-corrected chi connectivity index (χ2v) is 4.85. The molecule has 0 spiro atoms. The number of ketones is 1. The Kier molecular flexibility index (Phi) is 12.2. The smallest absolute Gasteiger partial charge is 0.374 e. The fraction of sp³-hybridized carbons (Fsp3) is 0.400. The second kappa shape index (κ2) is 13.3. The lowest BCUT2D eigenvalue weighted by molar-refractivity contribution is -0.154. The fourth-order valence-corrected chi connectivity index (χ4v) is 1.65. The van der Waals surface area contributed by atoms with Crippen molar-refractivity contribution in [3.8, 4) is 0 Å². The highest BCUT2D eigenvalue weighted by Crippen LogP contribution is 2.06. The molecule has 1 aromatic carbocycles. The molecule has 8 nitrogen and oxygen atoms in total. The molecule has 0 saturated heterocycles. The van der Waals surface area contributed by atoms with Crippen molar-refractivity contribution in [2.24, 2.45) is 5.84 Å². The normalized spacial score (nSPS) is 9.46. The first kappa shape index (κ1) is 21.9. The van der Waals surface area contributed by atoms with Gasteiger partial charge in [0.1, 0.15) is 0 Å². The number of nitrogens with two attached hydrogens (primary N) is 2. The van der Waals surface area contributed by atoms with Crippen LogP contribution in [0.5, 0.6) is 0 Å². The summed E-state index contributed by atoms with van der Waals surface area (Å²) in [5, 5.41) is 0.530. The molecule has 0 aliphatic rings. The van der Waals surface area contributed by atoms with Crippen LogP contribution in [0.2, 0.25) is 0 Å². The van der Waals surface area contributed by atoms with Gasteiger partial charge in [-0.15, -0.1) is 5.17 Å². The predicted octanol–water partition coefficient (Wildman–Crippen LogP) is 1.43. The van der Waals surface area contributed by atoms with E-state index in [9.17, 15) is 14.4 Å². The number of esters is 1. The molecule has 0 radical (unpaired) electrons. The van der Waals surface area contributed by atoms with Crippen LogP contribution < -0.4 is 11.6 Å². The number of hydrogen-bond acceptors (Lipinski definition) is 8. The van der Waals surface area contributed by atoms with Gasteiger partial charge in [0.15, 0.2) is 0 Å². The van der Waals surface area contributed by atoms with Gasteiger partial charge < -0.3 is 10.5 Å². The third-order valence-electron chi connectivity index (χ3n) is 2.84. The highest BCUT2D eigenvalue weighted by atomic mass is 32.1. The number of carbonyl (C=O) groups excluding carboxylic acids is 3. The molecule has 4 N–H and O–H groups in total. The zero-order valence-electron chi connectivity index (χ0n) is 13.5. The number of benzene rings is 1. The molecule has 0 aliphatic carbocycles. The maximum Gasteiger partial charge on any atom is 0.374 e. The van der Waals surface area contributed by atoms with Crippen molar-refractivity contribution in [1.82, 2.24) is 5.17 Å². The molecule has 0 aromatic heterocycles. The molecule has 0 aliphatic heterocycles. The summed E-state index contributed by atoms with van der Waals surface area (Å²) in [7, 11) is 1.16. The molecule has 1 aromatic rings. The third-order valence-corrected chi connectivity index (χ3v) is 3.02. The van der Waals surface area contributed by atoms with Crippen LogP contribution in [-0.2, 0) is 23.4 Å². The standard InChI is InChI=1S/C9H16N2O5S.C6H7N/c1-15-9(14)7(12)5-3-2-4-6-8(13)11(10)16-17;7-6-4-2-1-3-5-6/h17H,2-6,10H2,1H3;1-5H,7H2. The SMILES string of the molecule is COC(=O)C(=O)CCCCCC(=O)N(N)OS.Nc1ccccc1. The van der Waals surface area contributed by atoms with Gasteiger partial charge in [0, 0.05) is 31.4 Å². The number of ether oxygens (including phenoxy) is 1. The minimum Gasteiger partial charge on any atom is -0.463 e. The Morgan fingerprint density at radius 3 is 2.12 bits per heavy atom. The number of unbranched alkanes of at least 4 members (excludes halogenated alkanes) is 2. The average molecular weight is 357 g/mol. The molecular formula is C15H23N3O5S. The van der Waals surface area contributed by atoms with E-state index in [-0.39, 0.29) is 12.8 Å². The van der Waals surface area contributed by atoms with E-state index in [1.807, 2.05) is 30.3 Å². The van der Waals surface area contributed by atoms with E-state index in [4.69, 9.17) is 11.6 Å². The van der Waals surface area contributed by atoms with Gasteiger partial charge in [-0.3, -0.25) is 9.59 Å². The summed E-state index contributed by atoms with van der Waals surface area (Å²) in [6.45, 7) is 0. The van der Waals surface area contributed by atoms with Gasteiger partial charge >= 0.3 is 5.97 Å². The van der Waals surface area contributed by atoms with E-state index >= 15 is 0 Å². The summed E-state index contributed by atoms with van der Waals surface area (Å²) in [6, 6.07) is 9.49. The van der Waals surface area contributed by atoms with Crippen LogP contribution in [0.15, 0.2) is 30.3 Å². The molecule has 24 heavy (non-hydrogen) atoms. The maximum atomic E-state index is 11.1. The zero-order chi connectivity index (χ0) is 18.4. The quantitative estimate of drug-likeness (QED) is 0.0739. The number of anilines is 1. The van der Waals surface area contributed by atoms with Gasteiger partial charge in [0.05, 0.1) is 7.11 Å². The predicted molar refractivity (Wildman–Crippen MR) is 92.1 cm³/mol. The van der Waals surface area contributed by atoms with E-state index < -0.39 is 17.7 Å². The molecule has 0 fully saturated rings. The summed E-state index contributed by atoms with van der Waals surface area (Å²) in [5.41, 5.74) is 6.18. The molecule has 0 atom stereocenters. The number of nitrogens with zero attached hydrogens (tertiary/aromatic N) is 1. The van der Waals surface area contributed by atoms with Crippen molar-refractivity contribution in [3.05, 3.63) is 30.3 Å².